The van der Waals surface area contributed by atoms with Crippen LogP contribution in [-0.4, -0.2) is 71.0 Å². The van der Waals surface area contributed by atoms with E-state index < -0.39 is 37.3 Å². The summed E-state index contributed by atoms with van der Waals surface area (Å²) in [5.74, 6) is 4.77. The molecule has 1 rings (SSSR count). The van der Waals surface area contributed by atoms with Crippen LogP contribution in [0, 0.1) is 0 Å². The molecule has 0 amide bonds. The van der Waals surface area contributed by atoms with E-state index in [0.717, 1.165) is 0 Å². The molecule has 16 heavy (non-hydrogen) atoms. The first kappa shape index (κ1) is 13.7. The summed E-state index contributed by atoms with van der Waals surface area (Å²) < 4.78 is 10.1. The monoisotopic (exact) mass is 239 g/mol. The first-order chi connectivity index (χ1) is 7.61. The van der Waals surface area contributed by atoms with Crippen molar-refractivity contribution in [1.82, 2.24) is 0 Å². The Bertz CT molecular complexity index is 203. The van der Waals surface area contributed by atoms with Gasteiger partial charge in [0.25, 0.3) is 0 Å². The van der Waals surface area contributed by atoms with Crippen LogP contribution in [0.15, 0.2) is 0 Å². The lowest BCUT2D eigenvalue weighted by Gasteiger charge is -2.39. The molecule has 8 nitrogen and oxygen atoms in total. The summed E-state index contributed by atoms with van der Waals surface area (Å²) in [7, 11) is 0. The fourth-order valence-corrected chi connectivity index (χ4v) is 1.42. The molecule has 1 aliphatic heterocycles. The van der Waals surface area contributed by atoms with Gasteiger partial charge in [0.1, 0.15) is 24.4 Å². The van der Waals surface area contributed by atoms with Gasteiger partial charge in [0.2, 0.25) is 0 Å². The molecule has 0 saturated carbocycles. The van der Waals surface area contributed by atoms with Crippen molar-refractivity contribution >= 4 is 0 Å². The molecule has 0 spiro atoms. The molecule has 6 N–H and O–H groups in total. The summed E-state index contributed by atoms with van der Waals surface area (Å²) in [5.41, 5.74) is 0. The van der Waals surface area contributed by atoms with Crippen LogP contribution in [-0.2, 0) is 14.3 Å². The van der Waals surface area contributed by atoms with Gasteiger partial charge < -0.3 is 34.7 Å². The predicted molar refractivity (Wildman–Crippen MR) is 49.9 cm³/mol. The van der Waals surface area contributed by atoms with Gasteiger partial charge in [-0.05, 0) is 0 Å². The lowest BCUT2D eigenvalue weighted by Crippen LogP contribution is -2.59. The Morgan fingerprint density at radius 2 is 1.75 bits per heavy atom. The molecular formula is C8H17NO7. The summed E-state index contributed by atoms with van der Waals surface area (Å²) in [6.07, 6.45) is -6.32. The molecule has 1 fully saturated rings. The van der Waals surface area contributed by atoms with Crippen molar-refractivity contribution in [2.75, 3.05) is 19.8 Å². The molecule has 1 aliphatic rings. The molecule has 0 unspecified atom stereocenters. The van der Waals surface area contributed by atoms with Crippen LogP contribution >= 0.6 is 0 Å². The van der Waals surface area contributed by atoms with Crippen molar-refractivity contribution in [2.45, 2.75) is 30.7 Å². The molecule has 0 aliphatic carbocycles. The third kappa shape index (κ3) is 3.09. The first-order valence-corrected chi connectivity index (χ1v) is 4.85. The maximum absolute atomic E-state index is 9.51. The quantitative estimate of drug-likeness (QED) is 0.249. The van der Waals surface area contributed by atoms with Crippen LogP contribution in [0.5, 0.6) is 0 Å². The van der Waals surface area contributed by atoms with Gasteiger partial charge in [-0.1, -0.05) is 0 Å². The summed E-state index contributed by atoms with van der Waals surface area (Å²) in [6, 6.07) is 0. The standard InChI is InChI=1S/C8H17NO7/c9-15-2-1-14-8-7(13)6(12)5(11)4(3-10)16-8/h4-8,10-13H,1-3,9H2/t4-,5-,6+,7+,8+/m1/s1. The summed E-state index contributed by atoms with van der Waals surface area (Å²) in [4.78, 5) is 4.25. The zero-order chi connectivity index (χ0) is 12.1. The Labute approximate surface area is 92.1 Å². The highest BCUT2D eigenvalue weighted by Gasteiger charge is 2.43. The van der Waals surface area contributed by atoms with Gasteiger partial charge >= 0.3 is 0 Å². The van der Waals surface area contributed by atoms with E-state index in [1.807, 2.05) is 0 Å². The van der Waals surface area contributed by atoms with E-state index in [1.54, 1.807) is 0 Å². The molecule has 0 radical (unpaired) electrons. The van der Waals surface area contributed by atoms with Crippen LogP contribution < -0.4 is 5.90 Å². The van der Waals surface area contributed by atoms with Gasteiger partial charge in [0.05, 0.1) is 19.8 Å². The molecule has 0 aromatic carbocycles. The maximum atomic E-state index is 9.51. The second kappa shape index (κ2) is 6.42. The van der Waals surface area contributed by atoms with E-state index in [0.29, 0.717) is 0 Å². The smallest absolute Gasteiger partial charge is 0.186 e. The summed E-state index contributed by atoms with van der Waals surface area (Å²) >= 11 is 0. The second-order valence-corrected chi connectivity index (χ2v) is 3.44. The molecule has 8 heteroatoms. The average molecular weight is 239 g/mol. The minimum atomic E-state index is -1.44. The van der Waals surface area contributed by atoms with Gasteiger partial charge in [0.15, 0.2) is 6.29 Å². The second-order valence-electron chi connectivity index (χ2n) is 3.44. The topological polar surface area (TPSA) is 135 Å². The van der Waals surface area contributed by atoms with Crippen LogP contribution in [0.2, 0.25) is 0 Å². The Morgan fingerprint density at radius 1 is 1.06 bits per heavy atom. The molecule has 96 valence electrons. The van der Waals surface area contributed by atoms with E-state index in [1.165, 1.54) is 0 Å². The number of aliphatic hydroxyl groups excluding tert-OH is 4. The SMILES string of the molecule is NOCCO[C@H]1O[C@H](CO)[C@@H](O)[C@H](O)[C@@H]1O. The first-order valence-electron chi connectivity index (χ1n) is 4.85. The highest BCUT2D eigenvalue weighted by atomic mass is 16.7. The fourth-order valence-electron chi connectivity index (χ4n) is 1.42. The molecule has 1 heterocycles. The Hall–Kier alpha value is -0.320. The lowest BCUT2D eigenvalue weighted by molar-refractivity contribution is -0.302. The van der Waals surface area contributed by atoms with E-state index in [9.17, 15) is 15.3 Å². The van der Waals surface area contributed by atoms with E-state index in [-0.39, 0.29) is 13.2 Å². The van der Waals surface area contributed by atoms with Gasteiger partial charge in [-0.2, -0.15) is 0 Å². The lowest BCUT2D eigenvalue weighted by atomic mass is 9.99. The minimum absolute atomic E-state index is 0.0548. The Morgan fingerprint density at radius 3 is 2.31 bits per heavy atom. The van der Waals surface area contributed by atoms with Crippen LogP contribution in [0.4, 0.5) is 0 Å². The fraction of sp³-hybridized carbons (Fsp3) is 1.00. The molecular weight excluding hydrogens is 222 g/mol. The van der Waals surface area contributed by atoms with Gasteiger partial charge in [-0.25, -0.2) is 5.90 Å². The van der Waals surface area contributed by atoms with Crippen molar-refractivity contribution in [3.8, 4) is 0 Å². The third-order valence-corrected chi connectivity index (χ3v) is 2.33. The van der Waals surface area contributed by atoms with Gasteiger partial charge in [-0.15, -0.1) is 0 Å². The third-order valence-electron chi connectivity index (χ3n) is 2.33. The van der Waals surface area contributed by atoms with Crippen LogP contribution in [0.3, 0.4) is 0 Å². The van der Waals surface area contributed by atoms with Gasteiger partial charge in [0, 0.05) is 0 Å². The number of rotatable bonds is 5. The molecule has 1 saturated heterocycles. The largest absolute Gasteiger partial charge is 0.394 e. The maximum Gasteiger partial charge on any atom is 0.186 e. The molecule has 5 atom stereocenters. The zero-order valence-corrected chi connectivity index (χ0v) is 8.60. The highest BCUT2D eigenvalue weighted by molar-refractivity contribution is 4.88. The normalized spacial score (nSPS) is 39.9. The molecule has 0 aromatic rings. The number of hydrogen-bond acceptors (Lipinski definition) is 8. The number of nitrogens with two attached hydrogens (primary N) is 1. The molecule has 0 aromatic heterocycles. The Kier molecular flexibility index (Phi) is 5.52. The van der Waals surface area contributed by atoms with Crippen molar-refractivity contribution < 1.29 is 34.7 Å². The van der Waals surface area contributed by atoms with Crippen LogP contribution in [0.1, 0.15) is 0 Å². The predicted octanol–water partition coefficient (Wildman–Crippen LogP) is -3.31. The van der Waals surface area contributed by atoms with Crippen LogP contribution in [0.25, 0.3) is 0 Å². The minimum Gasteiger partial charge on any atom is -0.394 e. The molecule has 0 bridgehead atoms. The van der Waals surface area contributed by atoms with E-state index >= 15 is 0 Å². The van der Waals surface area contributed by atoms with E-state index in [4.69, 9.17) is 20.5 Å². The van der Waals surface area contributed by atoms with Crippen molar-refractivity contribution in [1.29, 1.82) is 0 Å². The van der Waals surface area contributed by atoms with Crippen molar-refractivity contribution in [2.24, 2.45) is 5.90 Å². The van der Waals surface area contributed by atoms with Crippen molar-refractivity contribution in [3.63, 3.8) is 0 Å². The number of hydrogen-bond donors (Lipinski definition) is 5. The van der Waals surface area contributed by atoms with Crippen molar-refractivity contribution in [3.05, 3.63) is 0 Å². The highest BCUT2D eigenvalue weighted by Crippen LogP contribution is 2.21. The number of ether oxygens (including phenoxy) is 2. The number of aliphatic hydroxyl groups is 4. The Balaban J connectivity index is 2.50. The summed E-state index contributed by atoms with van der Waals surface area (Å²) in [5, 5.41) is 37.2. The van der Waals surface area contributed by atoms with E-state index in [2.05, 4.69) is 4.84 Å². The zero-order valence-electron chi connectivity index (χ0n) is 8.60. The van der Waals surface area contributed by atoms with Gasteiger partial charge in [-0.3, -0.25) is 0 Å². The summed E-state index contributed by atoms with van der Waals surface area (Å²) in [6.45, 7) is -0.341. The average Bonchev–Trinajstić information content (AvgIpc) is 2.29.